The molecule has 3 rings (SSSR count). The van der Waals surface area contributed by atoms with Gasteiger partial charge in [-0.15, -0.1) is 0 Å². The molecule has 9 heteroatoms. The van der Waals surface area contributed by atoms with Crippen LogP contribution in [0.15, 0.2) is 54.9 Å². The fourth-order valence-corrected chi connectivity index (χ4v) is 2.49. The number of nitro groups is 1. The van der Waals surface area contributed by atoms with E-state index in [4.69, 9.17) is 11.6 Å². The molecular formula is C18H14ClN5O3. The number of benzene rings is 2. The third-order valence-electron chi connectivity index (χ3n) is 3.62. The average molecular weight is 384 g/mol. The maximum absolute atomic E-state index is 12.3. The number of nitrogens with one attached hydrogen (secondary N) is 2. The number of aryl methyl sites for hydroxylation is 1. The van der Waals surface area contributed by atoms with Crippen LogP contribution in [-0.2, 0) is 0 Å². The van der Waals surface area contributed by atoms with E-state index in [1.54, 1.807) is 24.3 Å². The number of carbonyl (C=O) groups excluding carboxylic acids is 1. The van der Waals surface area contributed by atoms with E-state index in [1.807, 2.05) is 13.0 Å². The van der Waals surface area contributed by atoms with Crippen molar-refractivity contribution in [2.24, 2.45) is 0 Å². The van der Waals surface area contributed by atoms with Crippen LogP contribution in [0.4, 0.5) is 22.9 Å². The number of nitro benzene ring substituents is 1. The number of hydrogen-bond acceptors (Lipinski definition) is 6. The second-order valence-corrected chi connectivity index (χ2v) is 6.03. The zero-order valence-electron chi connectivity index (χ0n) is 14.1. The maximum Gasteiger partial charge on any atom is 0.288 e. The predicted octanol–water partition coefficient (Wildman–Crippen LogP) is 4.34. The molecule has 0 saturated heterocycles. The topological polar surface area (TPSA) is 110 Å². The van der Waals surface area contributed by atoms with Crippen molar-refractivity contribution in [1.82, 2.24) is 9.97 Å². The second kappa shape index (κ2) is 7.79. The molecule has 0 radical (unpaired) electrons. The molecule has 0 bridgehead atoms. The smallest absolute Gasteiger partial charge is 0.288 e. The molecule has 2 N–H and O–H groups in total. The molecule has 0 spiro atoms. The lowest BCUT2D eigenvalue weighted by atomic mass is 10.2. The van der Waals surface area contributed by atoms with Crippen LogP contribution in [0.1, 0.15) is 16.1 Å². The Balaban J connectivity index is 1.70. The molecule has 1 heterocycles. The highest BCUT2D eigenvalue weighted by Crippen LogP contribution is 2.25. The summed E-state index contributed by atoms with van der Waals surface area (Å²) in [5.41, 5.74) is 2.00. The van der Waals surface area contributed by atoms with Gasteiger partial charge in [-0.1, -0.05) is 11.6 Å². The van der Waals surface area contributed by atoms with Gasteiger partial charge in [0.2, 0.25) is 0 Å². The highest BCUT2D eigenvalue weighted by atomic mass is 35.5. The largest absolute Gasteiger partial charge is 0.340 e. The summed E-state index contributed by atoms with van der Waals surface area (Å²) in [6.07, 6.45) is 1.47. The standard InChI is InChI=1S/C18H14ClN5O3/c1-11-8-17(21-10-20-11)22-13-3-5-14(6-4-13)23-18(25)12-2-7-15(19)16(9-12)24(26)27/h2-10H,1H3,(H,23,25)(H,20,21,22). The first-order chi connectivity index (χ1) is 12.9. The van der Waals surface area contributed by atoms with E-state index in [9.17, 15) is 14.9 Å². The van der Waals surface area contributed by atoms with Gasteiger partial charge in [0, 0.05) is 34.8 Å². The Morgan fingerprint density at radius 3 is 2.44 bits per heavy atom. The number of amides is 1. The molecule has 27 heavy (non-hydrogen) atoms. The minimum atomic E-state index is -0.631. The molecule has 0 aliphatic heterocycles. The van der Waals surface area contributed by atoms with Gasteiger partial charge in [-0.05, 0) is 43.3 Å². The van der Waals surface area contributed by atoms with Crippen molar-refractivity contribution >= 4 is 40.4 Å². The first-order valence-corrected chi connectivity index (χ1v) is 8.21. The number of rotatable bonds is 5. The highest BCUT2D eigenvalue weighted by molar-refractivity contribution is 6.32. The van der Waals surface area contributed by atoms with Crippen LogP contribution in [0.5, 0.6) is 0 Å². The molecule has 0 aliphatic carbocycles. The van der Waals surface area contributed by atoms with Gasteiger partial charge in [0.15, 0.2) is 0 Å². The molecule has 3 aromatic rings. The Bertz CT molecular complexity index is 1010. The lowest BCUT2D eigenvalue weighted by Crippen LogP contribution is -2.12. The van der Waals surface area contributed by atoms with Gasteiger partial charge in [0.05, 0.1) is 4.92 Å². The number of hydrogen-bond donors (Lipinski definition) is 2. The molecule has 1 amide bonds. The van der Waals surface area contributed by atoms with Crippen LogP contribution in [-0.4, -0.2) is 20.8 Å². The number of aromatic nitrogens is 2. The molecular weight excluding hydrogens is 370 g/mol. The summed E-state index contributed by atoms with van der Waals surface area (Å²) >= 11 is 5.76. The van der Waals surface area contributed by atoms with Gasteiger partial charge in [0.25, 0.3) is 11.6 Å². The number of nitrogens with zero attached hydrogens (tertiary/aromatic N) is 3. The third kappa shape index (κ3) is 4.56. The van der Waals surface area contributed by atoms with Crippen molar-refractivity contribution < 1.29 is 9.72 Å². The van der Waals surface area contributed by atoms with Crippen LogP contribution < -0.4 is 10.6 Å². The van der Waals surface area contributed by atoms with Crippen LogP contribution in [0.25, 0.3) is 0 Å². The van der Waals surface area contributed by atoms with Gasteiger partial charge in [-0.3, -0.25) is 14.9 Å². The van der Waals surface area contributed by atoms with Crippen molar-refractivity contribution in [1.29, 1.82) is 0 Å². The van der Waals surface area contributed by atoms with E-state index >= 15 is 0 Å². The predicted molar refractivity (Wildman–Crippen MR) is 103 cm³/mol. The SMILES string of the molecule is Cc1cc(Nc2ccc(NC(=O)c3ccc(Cl)c([N+](=O)[O-])c3)cc2)ncn1. The van der Waals surface area contributed by atoms with Gasteiger partial charge in [0.1, 0.15) is 17.2 Å². The van der Waals surface area contributed by atoms with E-state index in [-0.39, 0.29) is 16.3 Å². The summed E-state index contributed by atoms with van der Waals surface area (Å²) in [4.78, 5) is 30.8. The minimum absolute atomic E-state index is 0.0214. The number of carbonyl (C=O) groups is 1. The van der Waals surface area contributed by atoms with Gasteiger partial charge in [-0.25, -0.2) is 9.97 Å². The molecule has 2 aromatic carbocycles. The Labute approximate surface area is 159 Å². The van der Waals surface area contributed by atoms with Crippen molar-refractivity contribution in [2.45, 2.75) is 6.92 Å². The highest BCUT2D eigenvalue weighted by Gasteiger charge is 2.16. The number of anilines is 3. The monoisotopic (exact) mass is 383 g/mol. The molecule has 0 unspecified atom stereocenters. The summed E-state index contributed by atoms with van der Waals surface area (Å²) in [6, 6.07) is 12.7. The molecule has 8 nitrogen and oxygen atoms in total. The lowest BCUT2D eigenvalue weighted by molar-refractivity contribution is -0.384. The molecule has 0 aliphatic rings. The van der Waals surface area contributed by atoms with Gasteiger partial charge in [-0.2, -0.15) is 0 Å². The van der Waals surface area contributed by atoms with Crippen molar-refractivity contribution in [3.63, 3.8) is 0 Å². The molecule has 0 fully saturated rings. The molecule has 136 valence electrons. The van der Waals surface area contributed by atoms with Crippen LogP contribution in [0.3, 0.4) is 0 Å². The zero-order chi connectivity index (χ0) is 19.4. The summed E-state index contributed by atoms with van der Waals surface area (Å²) in [6.45, 7) is 1.87. The second-order valence-electron chi connectivity index (χ2n) is 5.62. The Morgan fingerprint density at radius 2 is 1.78 bits per heavy atom. The van der Waals surface area contributed by atoms with E-state index in [0.717, 1.165) is 17.4 Å². The van der Waals surface area contributed by atoms with Crippen LogP contribution in [0, 0.1) is 17.0 Å². The summed E-state index contributed by atoms with van der Waals surface area (Å²) < 4.78 is 0. The maximum atomic E-state index is 12.3. The van der Waals surface area contributed by atoms with Crippen molar-refractivity contribution in [3.05, 3.63) is 81.3 Å². The van der Waals surface area contributed by atoms with Crippen LogP contribution in [0.2, 0.25) is 5.02 Å². The van der Waals surface area contributed by atoms with Gasteiger partial charge >= 0.3 is 0 Å². The number of halogens is 1. The van der Waals surface area contributed by atoms with E-state index in [1.165, 1.54) is 18.5 Å². The summed E-state index contributed by atoms with van der Waals surface area (Å²) in [5, 5.41) is 16.7. The first kappa shape index (κ1) is 18.3. The Kier molecular flexibility index (Phi) is 5.28. The normalized spacial score (nSPS) is 10.3. The molecule has 1 aromatic heterocycles. The summed E-state index contributed by atoms with van der Waals surface area (Å²) in [7, 11) is 0. The van der Waals surface area contributed by atoms with Crippen LogP contribution >= 0.6 is 11.6 Å². The first-order valence-electron chi connectivity index (χ1n) is 7.83. The Morgan fingerprint density at radius 1 is 1.07 bits per heavy atom. The van der Waals surface area contributed by atoms with E-state index in [0.29, 0.717) is 11.5 Å². The lowest BCUT2D eigenvalue weighted by Gasteiger charge is -2.09. The van der Waals surface area contributed by atoms with Crippen molar-refractivity contribution in [2.75, 3.05) is 10.6 Å². The molecule has 0 saturated carbocycles. The van der Waals surface area contributed by atoms with E-state index < -0.39 is 10.8 Å². The minimum Gasteiger partial charge on any atom is -0.340 e. The zero-order valence-corrected chi connectivity index (χ0v) is 14.9. The fraction of sp³-hybridized carbons (Fsp3) is 0.0556. The third-order valence-corrected chi connectivity index (χ3v) is 3.94. The quantitative estimate of drug-likeness (QED) is 0.500. The molecule has 0 atom stereocenters. The van der Waals surface area contributed by atoms with Crippen molar-refractivity contribution in [3.8, 4) is 0 Å². The van der Waals surface area contributed by atoms with E-state index in [2.05, 4.69) is 20.6 Å². The summed E-state index contributed by atoms with van der Waals surface area (Å²) in [5.74, 6) is 0.190. The average Bonchev–Trinajstić information content (AvgIpc) is 2.63. The van der Waals surface area contributed by atoms with Gasteiger partial charge < -0.3 is 10.6 Å². The fourth-order valence-electron chi connectivity index (χ4n) is 2.30. The Hall–Kier alpha value is -3.52.